The van der Waals surface area contributed by atoms with Gasteiger partial charge in [0.05, 0.1) is 10.2 Å². The molecule has 2 aromatic heterocycles. The van der Waals surface area contributed by atoms with Crippen molar-refractivity contribution < 1.29 is 4.74 Å². The number of hydrogen-bond donors (Lipinski definition) is 0. The molecule has 0 bridgehead atoms. The van der Waals surface area contributed by atoms with Crippen LogP contribution >= 0.6 is 23.1 Å². The van der Waals surface area contributed by atoms with Crippen LogP contribution < -0.4 is 9.64 Å². The van der Waals surface area contributed by atoms with Crippen LogP contribution in [0.25, 0.3) is 21.3 Å². The maximum atomic E-state index is 6.27. The van der Waals surface area contributed by atoms with Crippen LogP contribution in [0, 0.1) is 0 Å². The summed E-state index contributed by atoms with van der Waals surface area (Å²) in [6.07, 6.45) is 8.99. The Morgan fingerprint density at radius 3 is 2.32 bits per heavy atom. The molecule has 5 rings (SSSR count). The molecular formula is C27H32N4OS2. The highest BCUT2D eigenvalue weighted by atomic mass is 32.2. The molecule has 178 valence electrons. The summed E-state index contributed by atoms with van der Waals surface area (Å²) in [4.78, 5) is 17.3. The van der Waals surface area contributed by atoms with E-state index in [1.54, 1.807) is 23.1 Å². The van der Waals surface area contributed by atoms with Crippen molar-refractivity contribution in [3.05, 3.63) is 60.4 Å². The largest absolute Gasteiger partial charge is 0.467 e. The quantitative estimate of drug-likeness (QED) is 0.267. The van der Waals surface area contributed by atoms with E-state index in [1.165, 1.54) is 21.6 Å². The number of thioether (sulfide) groups is 1. The van der Waals surface area contributed by atoms with Gasteiger partial charge in [0.15, 0.2) is 0 Å². The number of nitrogens with zero attached hydrogens (tertiary/aromatic N) is 4. The monoisotopic (exact) mass is 492 g/mol. The van der Waals surface area contributed by atoms with E-state index in [0.29, 0.717) is 0 Å². The van der Waals surface area contributed by atoms with Gasteiger partial charge >= 0.3 is 0 Å². The zero-order valence-corrected chi connectivity index (χ0v) is 22.0. The number of hydrogen-bond acceptors (Lipinski definition) is 7. The van der Waals surface area contributed by atoms with Crippen LogP contribution in [0.2, 0.25) is 0 Å². The Bertz CT molecular complexity index is 1180. The third kappa shape index (κ3) is 5.70. The minimum Gasteiger partial charge on any atom is -0.467 e. The van der Waals surface area contributed by atoms with Crippen LogP contribution in [-0.2, 0) is 6.42 Å². The van der Waals surface area contributed by atoms with Crippen LogP contribution in [0.4, 0.5) is 5.95 Å². The van der Waals surface area contributed by atoms with Crippen molar-refractivity contribution in [3.63, 3.8) is 0 Å². The van der Waals surface area contributed by atoms with Gasteiger partial charge in [0, 0.05) is 43.2 Å². The average molecular weight is 493 g/mol. The zero-order chi connectivity index (χ0) is 23.9. The van der Waals surface area contributed by atoms with E-state index in [1.807, 2.05) is 26.2 Å². The van der Waals surface area contributed by atoms with E-state index in [9.17, 15) is 0 Å². The minimum absolute atomic E-state index is 0.181. The lowest BCUT2D eigenvalue weighted by Crippen LogP contribution is -2.39. The molecule has 0 N–H and O–H groups in total. The number of aryl methyl sites for hydroxylation is 1. The van der Waals surface area contributed by atoms with Gasteiger partial charge in [0.2, 0.25) is 5.95 Å². The van der Waals surface area contributed by atoms with Crippen LogP contribution in [0.3, 0.4) is 0 Å². The van der Waals surface area contributed by atoms with Crippen LogP contribution in [0.15, 0.2) is 59.8 Å². The summed E-state index contributed by atoms with van der Waals surface area (Å²) < 4.78 is 7.43. The van der Waals surface area contributed by atoms with Gasteiger partial charge in [-0.3, -0.25) is 0 Å². The van der Waals surface area contributed by atoms with E-state index in [4.69, 9.17) is 9.72 Å². The third-order valence-corrected chi connectivity index (χ3v) is 7.54. The fourth-order valence-corrected chi connectivity index (χ4v) is 5.26. The lowest BCUT2D eigenvalue weighted by Gasteiger charge is -2.31. The molecule has 4 aromatic rings. The minimum atomic E-state index is 0.181. The third-order valence-electron chi connectivity index (χ3n) is 5.88. The number of thiazole rings is 1. The Morgan fingerprint density at radius 2 is 1.68 bits per heavy atom. The van der Waals surface area contributed by atoms with E-state index in [-0.39, 0.29) is 6.10 Å². The van der Waals surface area contributed by atoms with Crippen LogP contribution in [0.5, 0.6) is 5.19 Å². The Balaban J connectivity index is 0.00000133. The number of ether oxygens (including phenoxy) is 1. The van der Waals surface area contributed by atoms with Crippen molar-refractivity contribution in [3.8, 4) is 16.3 Å². The first kappa shape index (κ1) is 24.5. The molecule has 2 aromatic carbocycles. The van der Waals surface area contributed by atoms with Gasteiger partial charge < -0.3 is 9.64 Å². The predicted octanol–water partition coefficient (Wildman–Crippen LogP) is 7.11. The van der Waals surface area contributed by atoms with Crippen molar-refractivity contribution in [2.75, 3.05) is 24.2 Å². The van der Waals surface area contributed by atoms with Crippen molar-refractivity contribution in [2.24, 2.45) is 0 Å². The SMILES string of the molecule is CC.CCc1cnc(N2CCC(Oc3nc4ccc(-c5ccc(SC)cc5)cc4s3)CC2)nc1. The second-order valence-corrected chi connectivity index (χ2v) is 9.81. The summed E-state index contributed by atoms with van der Waals surface area (Å²) in [5.74, 6) is 0.818. The van der Waals surface area contributed by atoms with Crippen molar-refractivity contribution in [1.29, 1.82) is 0 Å². The highest BCUT2D eigenvalue weighted by Gasteiger charge is 2.23. The number of piperidine rings is 1. The van der Waals surface area contributed by atoms with Gasteiger partial charge in [-0.25, -0.2) is 15.0 Å². The molecule has 0 aliphatic carbocycles. The molecule has 0 radical (unpaired) electrons. The highest BCUT2D eigenvalue weighted by molar-refractivity contribution is 7.98. The Hall–Kier alpha value is -2.64. The standard InChI is InChI=1S/C25H26N4OS2.C2H6/c1-3-17-15-26-24(27-16-17)29-12-10-20(11-13-29)30-25-28-22-9-6-19(14-23(22)32-25)18-4-7-21(31-2)8-5-18;1-2/h4-9,14-16,20H,3,10-13H2,1-2H3;1-2H3. The number of benzene rings is 2. The molecule has 7 heteroatoms. The molecule has 1 aliphatic rings. The molecule has 1 fully saturated rings. The molecule has 0 amide bonds. The fraction of sp³-hybridized carbons (Fsp3) is 0.370. The second-order valence-electron chi connectivity index (χ2n) is 7.94. The molecule has 1 aliphatic heterocycles. The van der Waals surface area contributed by atoms with E-state index in [0.717, 1.165) is 53.7 Å². The van der Waals surface area contributed by atoms with Gasteiger partial charge in [-0.2, -0.15) is 0 Å². The Morgan fingerprint density at radius 1 is 1.00 bits per heavy atom. The molecule has 1 saturated heterocycles. The maximum absolute atomic E-state index is 6.27. The van der Waals surface area contributed by atoms with Crippen LogP contribution in [0.1, 0.15) is 39.2 Å². The Kier molecular flexibility index (Phi) is 8.40. The average Bonchev–Trinajstić information content (AvgIpc) is 3.32. The van der Waals surface area contributed by atoms with Gasteiger partial charge in [-0.15, -0.1) is 11.8 Å². The summed E-state index contributed by atoms with van der Waals surface area (Å²) in [5.41, 5.74) is 4.60. The topological polar surface area (TPSA) is 51.1 Å². The smallest absolute Gasteiger partial charge is 0.274 e. The van der Waals surface area contributed by atoms with Crippen molar-refractivity contribution in [1.82, 2.24) is 15.0 Å². The number of fused-ring (bicyclic) bond motifs is 1. The zero-order valence-electron chi connectivity index (χ0n) is 20.3. The fourth-order valence-electron chi connectivity index (χ4n) is 3.93. The van der Waals surface area contributed by atoms with Gasteiger partial charge in [-0.05, 0) is 53.6 Å². The normalized spacial score (nSPS) is 14.1. The maximum Gasteiger partial charge on any atom is 0.274 e. The molecule has 5 nitrogen and oxygen atoms in total. The van der Waals surface area contributed by atoms with E-state index in [2.05, 4.69) is 70.5 Å². The van der Waals surface area contributed by atoms with Gasteiger partial charge in [0.1, 0.15) is 6.10 Å². The molecule has 3 heterocycles. The van der Waals surface area contributed by atoms with Gasteiger partial charge in [-0.1, -0.05) is 50.3 Å². The molecule has 0 saturated carbocycles. The summed E-state index contributed by atoms with van der Waals surface area (Å²) in [6.45, 7) is 7.92. The first-order valence-corrected chi connectivity index (χ1v) is 14.0. The van der Waals surface area contributed by atoms with Gasteiger partial charge in [0.25, 0.3) is 5.19 Å². The molecular weight excluding hydrogens is 460 g/mol. The van der Waals surface area contributed by atoms with E-state index < -0.39 is 0 Å². The lowest BCUT2D eigenvalue weighted by atomic mass is 10.1. The summed E-state index contributed by atoms with van der Waals surface area (Å²) in [5, 5.41) is 0.761. The summed E-state index contributed by atoms with van der Waals surface area (Å²) >= 11 is 3.39. The number of rotatable bonds is 6. The van der Waals surface area contributed by atoms with Crippen molar-refractivity contribution >= 4 is 39.3 Å². The highest BCUT2D eigenvalue weighted by Crippen LogP contribution is 2.33. The Labute approximate surface area is 210 Å². The number of aromatic nitrogens is 3. The summed E-state index contributed by atoms with van der Waals surface area (Å²) in [7, 11) is 0. The number of anilines is 1. The van der Waals surface area contributed by atoms with Crippen LogP contribution in [-0.4, -0.2) is 40.4 Å². The lowest BCUT2D eigenvalue weighted by molar-refractivity contribution is 0.170. The molecule has 0 spiro atoms. The van der Waals surface area contributed by atoms with Crippen molar-refractivity contribution in [2.45, 2.75) is 51.0 Å². The first-order chi connectivity index (χ1) is 16.7. The molecule has 34 heavy (non-hydrogen) atoms. The molecule has 0 unspecified atom stereocenters. The molecule has 0 atom stereocenters. The van der Waals surface area contributed by atoms with E-state index >= 15 is 0 Å². The predicted molar refractivity (Wildman–Crippen MR) is 145 cm³/mol. The second kappa shape index (κ2) is 11.7. The summed E-state index contributed by atoms with van der Waals surface area (Å²) in [6, 6.07) is 15.1. The first-order valence-electron chi connectivity index (χ1n) is 12.0.